The maximum absolute atomic E-state index is 12.6. The van der Waals surface area contributed by atoms with Crippen LogP contribution in [0.2, 0.25) is 5.02 Å². The Labute approximate surface area is 201 Å². The fourth-order valence-corrected chi connectivity index (χ4v) is 4.11. The van der Waals surface area contributed by atoms with Gasteiger partial charge >= 0.3 is 0 Å². The topological polar surface area (TPSA) is 69.3 Å². The van der Waals surface area contributed by atoms with Crippen molar-refractivity contribution in [2.75, 3.05) is 5.32 Å². The van der Waals surface area contributed by atoms with Gasteiger partial charge in [-0.25, -0.2) is 0 Å². The second kappa shape index (κ2) is 9.45. The number of halogens is 1. The number of aromatic nitrogens is 2. The summed E-state index contributed by atoms with van der Waals surface area (Å²) in [4.78, 5) is 12.6. The van der Waals surface area contributed by atoms with Crippen LogP contribution in [0.3, 0.4) is 0 Å². The van der Waals surface area contributed by atoms with E-state index in [4.69, 9.17) is 20.8 Å². The molecule has 170 valence electrons. The molecule has 5 rings (SSSR count). The summed E-state index contributed by atoms with van der Waals surface area (Å²) >= 11 is 6.20. The number of nitrogens with zero attached hydrogens (tertiary/aromatic N) is 2. The zero-order valence-corrected chi connectivity index (χ0v) is 19.3. The smallest absolute Gasteiger partial charge is 0.291 e. The fourth-order valence-electron chi connectivity index (χ4n) is 3.83. The third-order valence-corrected chi connectivity index (χ3v) is 5.81. The van der Waals surface area contributed by atoms with E-state index in [9.17, 15) is 4.79 Å². The Morgan fingerprint density at radius 3 is 2.76 bits per heavy atom. The first-order valence-electron chi connectivity index (χ1n) is 10.8. The zero-order valence-electron chi connectivity index (χ0n) is 18.5. The molecule has 5 aromatic rings. The minimum Gasteiger partial charge on any atom is -0.484 e. The van der Waals surface area contributed by atoms with Crippen molar-refractivity contribution in [3.05, 3.63) is 113 Å². The standard InChI is InChI=1S/C27H22ClN3O3/c1-18-6-4-11-24(28)26(18)33-17-22-12-13-25(34-22)27(32)30-21-14-29-31(16-21)15-20-9-5-8-19-7-2-3-10-23(19)20/h2-14,16H,15,17H2,1H3,(H,30,32). The van der Waals surface area contributed by atoms with Gasteiger partial charge in [-0.3, -0.25) is 9.48 Å². The monoisotopic (exact) mass is 471 g/mol. The number of fused-ring (bicyclic) bond motifs is 1. The van der Waals surface area contributed by atoms with E-state index in [1.165, 1.54) is 10.8 Å². The van der Waals surface area contributed by atoms with Gasteiger partial charge in [-0.1, -0.05) is 66.2 Å². The second-order valence-electron chi connectivity index (χ2n) is 7.96. The SMILES string of the molecule is Cc1cccc(Cl)c1OCc1ccc(C(=O)Nc2cnn(Cc3cccc4ccccc34)c2)o1. The van der Waals surface area contributed by atoms with Crippen LogP contribution in [0.4, 0.5) is 5.69 Å². The largest absolute Gasteiger partial charge is 0.484 e. The van der Waals surface area contributed by atoms with Crippen LogP contribution in [0.5, 0.6) is 5.75 Å². The molecule has 34 heavy (non-hydrogen) atoms. The normalized spacial score (nSPS) is 11.0. The summed E-state index contributed by atoms with van der Waals surface area (Å²) in [6.07, 6.45) is 3.42. The number of aryl methyl sites for hydroxylation is 1. The van der Waals surface area contributed by atoms with Crippen LogP contribution in [0.15, 0.2) is 89.6 Å². The lowest BCUT2D eigenvalue weighted by Crippen LogP contribution is -2.10. The van der Waals surface area contributed by atoms with Crippen LogP contribution in [-0.2, 0) is 13.2 Å². The predicted molar refractivity (Wildman–Crippen MR) is 132 cm³/mol. The Bertz CT molecular complexity index is 1450. The summed E-state index contributed by atoms with van der Waals surface area (Å²) in [6, 6.07) is 23.3. The number of amides is 1. The van der Waals surface area contributed by atoms with Gasteiger partial charge in [0.1, 0.15) is 18.1 Å². The van der Waals surface area contributed by atoms with Crippen LogP contribution < -0.4 is 10.1 Å². The quantitative estimate of drug-likeness (QED) is 0.295. The summed E-state index contributed by atoms with van der Waals surface area (Å²) in [5.41, 5.74) is 2.67. The van der Waals surface area contributed by atoms with E-state index >= 15 is 0 Å². The fraction of sp³-hybridized carbons (Fsp3) is 0.111. The molecule has 2 heterocycles. The molecular weight excluding hydrogens is 450 g/mol. The van der Waals surface area contributed by atoms with Crippen molar-refractivity contribution in [1.29, 1.82) is 0 Å². The lowest BCUT2D eigenvalue weighted by atomic mass is 10.0. The highest BCUT2D eigenvalue weighted by molar-refractivity contribution is 6.32. The van der Waals surface area contributed by atoms with Gasteiger partial charge in [-0.15, -0.1) is 0 Å². The van der Waals surface area contributed by atoms with E-state index in [1.807, 2.05) is 37.3 Å². The molecule has 0 aliphatic rings. The summed E-state index contributed by atoms with van der Waals surface area (Å²) in [5, 5.41) is 10.1. The van der Waals surface area contributed by atoms with E-state index in [0.29, 0.717) is 28.8 Å². The molecule has 0 radical (unpaired) electrons. The number of benzene rings is 3. The molecule has 0 atom stereocenters. The van der Waals surface area contributed by atoms with Crippen molar-refractivity contribution < 1.29 is 13.9 Å². The molecular formula is C27H22ClN3O3. The van der Waals surface area contributed by atoms with E-state index in [-0.39, 0.29) is 18.3 Å². The van der Waals surface area contributed by atoms with Crippen LogP contribution in [0.25, 0.3) is 10.8 Å². The number of nitrogens with one attached hydrogen (secondary N) is 1. The Balaban J connectivity index is 1.22. The number of carbonyl (C=O) groups excluding carboxylic acids is 1. The van der Waals surface area contributed by atoms with E-state index < -0.39 is 0 Å². The average molecular weight is 472 g/mol. The first-order chi connectivity index (χ1) is 16.6. The van der Waals surface area contributed by atoms with Crippen molar-refractivity contribution in [3.63, 3.8) is 0 Å². The molecule has 3 aromatic carbocycles. The number of hydrogen-bond acceptors (Lipinski definition) is 4. The Hall–Kier alpha value is -4.03. The number of hydrogen-bond donors (Lipinski definition) is 1. The maximum atomic E-state index is 12.6. The van der Waals surface area contributed by atoms with Gasteiger partial charge in [-0.05, 0) is 47.0 Å². The van der Waals surface area contributed by atoms with Crippen LogP contribution >= 0.6 is 11.6 Å². The molecule has 0 saturated heterocycles. The molecule has 0 saturated carbocycles. The van der Waals surface area contributed by atoms with Crippen LogP contribution in [0.1, 0.15) is 27.4 Å². The highest BCUT2D eigenvalue weighted by atomic mass is 35.5. The van der Waals surface area contributed by atoms with E-state index in [1.54, 1.807) is 35.3 Å². The summed E-state index contributed by atoms with van der Waals surface area (Å²) in [6.45, 7) is 2.68. The number of ether oxygens (including phenoxy) is 1. The van der Waals surface area contributed by atoms with Crippen molar-refractivity contribution in [3.8, 4) is 5.75 Å². The zero-order chi connectivity index (χ0) is 23.5. The summed E-state index contributed by atoms with van der Waals surface area (Å²) < 4.78 is 13.2. The second-order valence-corrected chi connectivity index (χ2v) is 8.37. The molecule has 2 aromatic heterocycles. The van der Waals surface area contributed by atoms with Crippen molar-refractivity contribution >= 4 is 34.0 Å². The first-order valence-corrected chi connectivity index (χ1v) is 11.2. The Morgan fingerprint density at radius 2 is 1.88 bits per heavy atom. The van der Waals surface area contributed by atoms with Gasteiger partial charge in [0, 0.05) is 6.20 Å². The minimum absolute atomic E-state index is 0.167. The summed E-state index contributed by atoms with van der Waals surface area (Å²) in [5.74, 6) is 0.961. The molecule has 6 nitrogen and oxygen atoms in total. The van der Waals surface area contributed by atoms with Gasteiger partial charge in [0.05, 0.1) is 23.5 Å². The highest BCUT2D eigenvalue weighted by Crippen LogP contribution is 2.29. The van der Waals surface area contributed by atoms with Gasteiger partial charge in [-0.2, -0.15) is 5.10 Å². The van der Waals surface area contributed by atoms with Gasteiger partial charge in [0.2, 0.25) is 0 Å². The third kappa shape index (κ3) is 4.67. The molecule has 1 amide bonds. The number of rotatable bonds is 7. The third-order valence-electron chi connectivity index (χ3n) is 5.51. The number of para-hydroxylation sites is 1. The molecule has 7 heteroatoms. The minimum atomic E-state index is -0.357. The van der Waals surface area contributed by atoms with Crippen molar-refractivity contribution in [1.82, 2.24) is 9.78 Å². The van der Waals surface area contributed by atoms with Gasteiger partial charge in [0.25, 0.3) is 5.91 Å². The molecule has 0 bridgehead atoms. The Morgan fingerprint density at radius 1 is 1.06 bits per heavy atom. The van der Waals surface area contributed by atoms with Gasteiger partial charge < -0.3 is 14.5 Å². The Kier molecular flexibility index (Phi) is 6.06. The first kappa shape index (κ1) is 21.8. The highest BCUT2D eigenvalue weighted by Gasteiger charge is 2.14. The molecule has 0 aliphatic heterocycles. The van der Waals surface area contributed by atoms with Crippen molar-refractivity contribution in [2.45, 2.75) is 20.1 Å². The van der Waals surface area contributed by atoms with Gasteiger partial charge in [0.15, 0.2) is 5.76 Å². The molecule has 0 unspecified atom stereocenters. The van der Waals surface area contributed by atoms with E-state index in [2.05, 4.69) is 34.7 Å². The van der Waals surface area contributed by atoms with Crippen LogP contribution in [0, 0.1) is 6.92 Å². The van der Waals surface area contributed by atoms with Crippen LogP contribution in [-0.4, -0.2) is 15.7 Å². The molecule has 0 aliphatic carbocycles. The average Bonchev–Trinajstić information content (AvgIpc) is 3.49. The lowest BCUT2D eigenvalue weighted by molar-refractivity contribution is 0.0992. The number of anilines is 1. The predicted octanol–water partition coefficient (Wildman–Crippen LogP) is 6.47. The van der Waals surface area contributed by atoms with E-state index in [0.717, 1.165) is 11.1 Å². The van der Waals surface area contributed by atoms with Crippen molar-refractivity contribution in [2.24, 2.45) is 0 Å². The lowest BCUT2D eigenvalue weighted by Gasteiger charge is -2.09. The number of carbonyl (C=O) groups is 1. The molecule has 1 N–H and O–H groups in total. The number of furan rings is 1. The summed E-state index contributed by atoms with van der Waals surface area (Å²) in [7, 11) is 0. The molecule has 0 spiro atoms. The maximum Gasteiger partial charge on any atom is 0.291 e. The molecule has 0 fully saturated rings.